The van der Waals surface area contributed by atoms with Gasteiger partial charge in [-0.1, -0.05) is 30.3 Å². The van der Waals surface area contributed by atoms with E-state index in [1.165, 1.54) is 0 Å². The van der Waals surface area contributed by atoms with Crippen molar-refractivity contribution in [3.63, 3.8) is 0 Å². The first-order valence-corrected chi connectivity index (χ1v) is 5.98. The maximum absolute atomic E-state index is 11.9. The van der Waals surface area contributed by atoms with E-state index in [1.807, 2.05) is 36.4 Å². The number of nitrogens with zero attached hydrogens (tertiary/aromatic N) is 1. The van der Waals surface area contributed by atoms with Gasteiger partial charge in [-0.2, -0.15) is 5.26 Å². The highest BCUT2D eigenvalue weighted by atomic mass is 16.1. The normalized spacial score (nSPS) is 19.3. The number of nitrogens with one attached hydrogen (secondary N) is 2. The average Bonchev–Trinajstić information content (AvgIpc) is 2.90. The minimum Gasteiger partial charge on any atom is -0.347 e. The predicted molar refractivity (Wildman–Crippen MR) is 69.4 cm³/mol. The van der Waals surface area contributed by atoms with Crippen LogP contribution in [0.2, 0.25) is 0 Å². The van der Waals surface area contributed by atoms with Crippen LogP contribution in [0.25, 0.3) is 6.08 Å². The minimum absolute atomic E-state index is 0.130. The van der Waals surface area contributed by atoms with Crippen LogP contribution in [0.1, 0.15) is 12.0 Å². The summed E-state index contributed by atoms with van der Waals surface area (Å²) < 4.78 is 0. The zero-order chi connectivity index (χ0) is 12.8. The summed E-state index contributed by atoms with van der Waals surface area (Å²) in [6.45, 7) is 1.69. The van der Waals surface area contributed by atoms with Gasteiger partial charge in [-0.25, -0.2) is 0 Å². The third-order valence-corrected chi connectivity index (χ3v) is 2.87. The van der Waals surface area contributed by atoms with Crippen LogP contribution in [0, 0.1) is 11.3 Å². The smallest absolute Gasteiger partial charge is 0.262 e. The van der Waals surface area contributed by atoms with Gasteiger partial charge in [-0.3, -0.25) is 4.79 Å². The molecule has 1 aliphatic rings. The van der Waals surface area contributed by atoms with E-state index in [1.54, 1.807) is 6.08 Å². The first-order chi connectivity index (χ1) is 8.79. The van der Waals surface area contributed by atoms with Crippen molar-refractivity contribution in [2.45, 2.75) is 12.5 Å². The minimum atomic E-state index is -0.296. The second-order valence-electron chi connectivity index (χ2n) is 4.24. The molecule has 1 atom stereocenters. The number of hydrogen-bond donors (Lipinski definition) is 2. The summed E-state index contributed by atoms with van der Waals surface area (Å²) in [6.07, 6.45) is 2.52. The summed E-state index contributed by atoms with van der Waals surface area (Å²) >= 11 is 0. The van der Waals surface area contributed by atoms with E-state index in [0.717, 1.165) is 25.1 Å². The van der Waals surface area contributed by atoms with Gasteiger partial charge in [-0.15, -0.1) is 0 Å². The van der Waals surface area contributed by atoms with Crippen molar-refractivity contribution >= 4 is 12.0 Å². The number of nitriles is 1. The van der Waals surface area contributed by atoms with Gasteiger partial charge in [0.2, 0.25) is 0 Å². The molecular weight excluding hydrogens is 226 g/mol. The average molecular weight is 241 g/mol. The van der Waals surface area contributed by atoms with Crippen molar-refractivity contribution in [3.05, 3.63) is 41.5 Å². The largest absolute Gasteiger partial charge is 0.347 e. The molecule has 92 valence electrons. The molecule has 0 aliphatic carbocycles. The number of hydrogen-bond acceptors (Lipinski definition) is 3. The summed E-state index contributed by atoms with van der Waals surface area (Å²) in [5.74, 6) is -0.296. The van der Waals surface area contributed by atoms with Crippen molar-refractivity contribution in [1.29, 1.82) is 5.26 Å². The molecule has 2 N–H and O–H groups in total. The first kappa shape index (κ1) is 12.3. The molecule has 1 aromatic carbocycles. The summed E-state index contributed by atoms with van der Waals surface area (Å²) in [6, 6.07) is 11.5. The van der Waals surface area contributed by atoms with Crippen LogP contribution >= 0.6 is 0 Å². The molecule has 0 bridgehead atoms. The van der Waals surface area contributed by atoms with Gasteiger partial charge in [-0.05, 0) is 24.6 Å². The molecule has 0 radical (unpaired) electrons. The van der Waals surface area contributed by atoms with Crippen molar-refractivity contribution in [3.8, 4) is 6.07 Å². The Balaban J connectivity index is 2.06. The van der Waals surface area contributed by atoms with Gasteiger partial charge in [0.1, 0.15) is 11.6 Å². The van der Waals surface area contributed by atoms with E-state index in [2.05, 4.69) is 10.6 Å². The Morgan fingerprint density at radius 3 is 2.83 bits per heavy atom. The van der Waals surface area contributed by atoms with Crippen LogP contribution < -0.4 is 10.6 Å². The predicted octanol–water partition coefficient (Wildman–Crippen LogP) is 1.07. The van der Waals surface area contributed by atoms with Crippen LogP contribution in [-0.2, 0) is 4.79 Å². The molecule has 0 spiro atoms. The molecule has 0 saturated carbocycles. The number of carbonyl (C=O) groups is 1. The Labute approximate surface area is 106 Å². The molecule has 1 aromatic rings. The maximum Gasteiger partial charge on any atom is 0.262 e. The Morgan fingerprint density at radius 2 is 2.22 bits per heavy atom. The molecule has 2 rings (SSSR count). The lowest BCUT2D eigenvalue weighted by Crippen LogP contribution is -2.36. The summed E-state index contributed by atoms with van der Waals surface area (Å²) in [4.78, 5) is 11.9. The summed E-state index contributed by atoms with van der Waals surface area (Å²) in [5, 5.41) is 15.1. The number of carbonyl (C=O) groups excluding carboxylic acids is 1. The third kappa shape index (κ3) is 3.19. The highest BCUT2D eigenvalue weighted by Gasteiger charge is 2.18. The molecule has 18 heavy (non-hydrogen) atoms. The molecule has 1 saturated heterocycles. The van der Waals surface area contributed by atoms with E-state index < -0.39 is 0 Å². The van der Waals surface area contributed by atoms with Gasteiger partial charge < -0.3 is 10.6 Å². The van der Waals surface area contributed by atoms with Gasteiger partial charge in [0.05, 0.1) is 0 Å². The second kappa shape index (κ2) is 5.99. The Bertz CT molecular complexity index is 482. The topological polar surface area (TPSA) is 64.9 Å². The standard InChI is InChI=1S/C14H15N3O/c15-9-12(8-11-4-2-1-3-5-11)14(18)17-13-6-7-16-10-13/h1-5,8,13,16H,6-7,10H2,(H,17,18)/b12-8-. The molecule has 0 aromatic heterocycles. The number of rotatable bonds is 3. The van der Waals surface area contributed by atoms with Gasteiger partial charge in [0.25, 0.3) is 5.91 Å². The van der Waals surface area contributed by atoms with E-state index in [9.17, 15) is 4.79 Å². The quantitative estimate of drug-likeness (QED) is 0.614. The van der Waals surface area contributed by atoms with E-state index in [0.29, 0.717) is 0 Å². The zero-order valence-corrected chi connectivity index (χ0v) is 10.0. The SMILES string of the molecule is N#C/C(=C/c1ccccc1)C(=O)NC1CCNC1. The Morgan fingerprint density at radius 1 is 1.44 bits per heavy atom. The fourth-order valence-electron chi connectivity index (χ4n) is 1.91. The third-order valence-electron chi connectivity index (χ3n) is 2.87. The van der Waals surface area contributed by atoms with Crippen LogP contribution in [0.4, 0.5) is 0 Å². The lowest BCUT2D eigenvalue weighted by Gasteiger charge is -2.10. The monoisotopic (exact) mass is 241 g/mol. The maximum atomic E-state index is 11.9. The van der Waals surface area contributed by atoms with Gasteiger partial charge >= 0.3 is 0 Å². The Hall–Kier alpha value is -2.12. The fourth-order valence-corrected chi connectivity index (χ4v) is 1.91. The Kier molecular flexibility index (Phi) is 4.11. The fraction of sp³-hybridized carbons (Fsp3) is 0.286. The van der Waals surface area contributed by atoms with Crippen LogP contribution in [-0.4, -0.2) is 25.0 Å². The molecule has 1 fully saturated rings. The highest BCUT2D eigenvalue weighted by molar-refractivity contribution is 6.01. The second-order valence-corrected chi connectivity index (χ2v) is 4.24. The van der Waals surface area contributed by atoms with Crippen molar-refractivity contribution < 1.29 is 4.79 Å². The first-order valence-electron chi connectivity index (χ1n) is 5.98. The molecule has 4 nitrogen and oxygen atoms in total. The van der Waals surface area contributed by atoms with Gasteiger partial charge in [0, 0.05) is 12.6 Å². The zero-order valence-electron chi connectivity index (χ0n) is 10.0. The molecule has 4 heteroatoms. The molecule has 1 aliphatic heterocycles. The van der Waals surface area contributed by atoms with E-state index >= 15 is 0 Å². The summed E-state index contributed by atoms with van der Waals surface area (Å²) in [7, 11) is 0. The van der Waals surface area contributed by atoms with Crippen molar-refractivity contribution in [2.24, 2.45) is 0 Å². The number of benzene rings is 1. The van der Waals surface area contributed by atoms with Crippen LogP contribution in [0.15, 0.2) is 35.9 Å². The van der Waals surface area contributed by atoms with Crippen LogP contribution in [0.5, 0.6) is 0 Å². The number of amides is 1. The lowest BCUT2D eigenvalue weighted by atomic mass is 10.1. The lowest BCUT2D eigenvalue weighted by molar-refractivity contribution is -0.117. The molecule has 1 unspecified atom stereocenters. The molecule has 1 heterocycles. The molecule has 1 amide bonds. The van der Waals surface area contributed by atoms with Gasteiger partial charge in [0.15, 0.2) is 0 Å². The van der Waals surface area contributed by atoms with Crippen molar-refractivity contribution in [1.82, 2.24) is 10.6 Å². The molecular formula is C14H15N3O. The highest BCUT2D eigenvalue weighted by Crippen LogP contribution is 2.07. The van der Waals surface area contributed by atoms with Crippen molar-refractivity contribution in [2.75, 3.05) is 13.1 Å². The summed E-state index contributed by atoms with van der Waals surface area (Å²) in [5.41, 5.74) is 1.00. The van der Waals surface area contributed by atoms with E-state index in [-0.39, 0.29) is 17.5 Å². The van der Waals surface area contributed by atoms with E-state index in [4.69, 9.17) is 5.26 Å². The van der Waals surface area contributed by atoms with Crippen LogP contribution in [0.3, 0.4) is 0 Å².